The molecule has 27 heavy (non-hydrogen) atoms. The van der Waals surface area contributed by atoms with Crippen molar-refractivity contribution in [3.05, 3.63) is 0 Å². The van der Waals surface area contributed by atoms with Crippen molar-refractivity contribution in [3.8, 4) is 0 Å². The van der Waals surface area contributed by atoms with E-state index in [-0.39, 0.29) is 6.54 Å². The van der Waals surface area contributed by atoms with Crippen molar-refractivity contribution in [2.45, 2.75) is 32.4 Å². The number of rotatable bonds is 7. The fourth-order valence-corrected chi connectivity index (χ4v) is 2.30. The average Bonchev–Trinajstić information content (AvgIpc) is 3.28. The highest BCUT2D eigenvalue weighted by atomic mass is 16.6. The highest BCUT2D eigenvalue weighted by Gasteiger charge is 2.60. The molecule has 0 aromatic carbocycles. The summed E-state index contributed by atoms with van der Waals surface area (Å²) in [6.45, 7) is 4.27. The monoisotopic (exact) mass is 387 g/mol. The molecule has 1 aliphatic carbocycles. The Kier molecular flexibility index (Phi) is 7.56. The summed E-state index contributed by atoms with van der Waals surface area (Å²) >= 11 is 0. The van der Waals surface area contributed by atoms with Crippen LogP contribution >= 0.6 is 0 Å². The minimum absolute atomic E-state index is 0.361. The van der Waals surface area contributed by atoms with Crippen molar-refractivity contribution in [2.24, 2.45) is 11.8 Å². The lowest BCUT2D eigenvalue weighted by atomic mass is 10.2. The molecule has 0 unspecified atom stereocenters. The van der Waals surface area contributed by atoms with Crippen LogP contribution in [-0.4, -0.2) is 68.8 Å². The summed E-state index contributed by atoms with van der Waals surface area (Å²) in [6, 6.07) is -0.803. The molecule has 0 aromatic rings. The number of ether oxygens (including phenoxy) is 3. The van der Waals surface area contributed by atoms with Gasteiger partial charge in [-0.25, -0.2) is 4.79 Å². The van der Waals surface area contributed by atoms with Crippen LogP contribution < -0.4 is 16.0 Å². The van der Waals surface area contributed by atoms with Gasteiger partial charge in [0.2, 0.25) is 11.8 Å². The van der Waals surface area contributed by atoms with Crippen LogP contribution in [0, 0.1) is 11.8 Å². The molecule has 0 aliphatic heterocycles. The second-order valence-corrected chi connectivity index (χ2v) is 6.82. The average molecular weight is 387 g/mol. The number of hydrogen-bond acceptors (Lipinski definition) is 8. The van der Waals surface area contributed by atoms with E-state index in [1.54, 1.807) is 20.8 Å². The van der Waals surface area contributed by atoms with Gasteiger partial charge < -0.3 is 30.2 Å². The van der Waals surface area contributed by atoms with Gasteiger partial charge in [0, 0.05) is 0 Å². The molecular weight excluding hydrogens is 362 g/mol. The molecule has 1 saturated carbocycles. The van der Waals surface area contributed by atoms with E-state index in [2.05, 4.69) is 25.4 Å². The summed E-state index contributed by atoms with van der Waals surface area (Å²) in [7, 11) is 2.33. The number of alkyl carbamates (subject to hydrolysis) is 1. The topological polar surface area (TPSA) is 149 Å². The summed E-state index contributed by atoms with van der Waals surface area (Å²) in [5, 5.41) is 7.07. The third kappa shape index (κ3) is 7.12. The van der Waals surface area contributed by atoms with E-state index in [0.29, 0.717) is 0 Å². The van der Waals surface area contributed by atoms with E-state index < -0.39 is 59.9 Å². The lowest BCUT2D eigenvalue weighted by molar-refractivity contribution is -0.143. The predicted molar refractivity (Wildman–Crippen MR) is 90.2 cm³/mol. The largest absolute Gasteiger partial charge is 0.469 e. The number of amides is 3. The molecule has 0 saturated heterocycles. The van der Waals surface area contributed by atoms with Crippen molar-refractivity contribution in [1.29, 1.82) is 0 Å². The molecule has 1 aliphatic rings. The molecule has 3 N–H and O–H groups in total. The van der Waals surface area contributed by atoms with Crippen LogP contribution in [0.2, 0.25) is 0 Å². The van der Waals surface area contributed by atoms with Gasteiger partial charge in [-0.15, -0.1) is 0 Å². The smallest absolute Gasteiger partial charge is 0.408 e. The Morgan fingerprint density at radius 3 is 2.04 bits per heavy atom. The zero-order valence-electron chi connectivity index (χ0n) is 15.9. The second kappa shape index (κ2) is 9.19. The summed E-state index contributed by atoms with van der Waals surface area (Å²) in [5.41, 5.74) is -0.712. The van der Waals surface area contributed by atoms with E-state index in [0.717, 1.165) is 7.11 Å². The van der Waals surface area contributed by atoms with Crippen molar-refractivity contribution in [2.75, 3.05) is 27.3 Å². The zero-order valence-corrected chi connectivity index (χ0v) is 15.9. The minimum Gasteiger partial charge on any atom is -0.469 e. The molecule has 3 amide bonds. The van der Waals surface area contributed by atoms with Crippen molar-refractivity contribution in [1.82, 2.24) is 16.0 Å². The lowest BCUT2D eigenvalue weighted by Crippen LogP contribution is -2.41. The maximum Gasteiger partial charge on any atom is 0.408 e. The lowest BCUT2D eigenvalue weighted by Gasteiger charge is -2.19. The molecule has 11 nitrogen and oxygen atoms in total. The predicted octanol–water partition coefficient (Wildman–Crippen LogP) is -1.30. The van der Waals surface area contributed by atoms with E-state index in [1.807, 2.05) is 0 Å². The molecule has 0 radical (unpaired) electrons. The molecule has 1 rings (SSSR count). The number of esters is 2. The van der Waals surface area contributed by atoms with Crippen LogP contribution in [0.3, 0.4) is 0 Å². The van der Waals surface area contributed by atoms with Gasteiger partial charge in [-0.3, -0.25) is 19.2 Å². The van der Waals surface area contributed by atoms with Crippen LogP contribution in [-0.2, 0) is 33.4 Å². The number of nitrogens with one attached hydrogen (secondary N) is 3. The van der Waals surface area contributed by atoms with E-state index in [4.69, 9.17) is 4.74 Å². The maximum absolute atomic E-state index is 12.1. The molecule has 152 valence electrons. The SMILES string of the molecule is COC(=O)CNC(=O)[C@H]1[C@H](NC(=O)CNC(=O)OC(C)(C)C)[C@@H]1C(=O)OC. The second-order valence-electron chi connectivity index (χ2n) is 6.82. The standard InChI is InChI=1S/C16H25N3O8/c1-16(2,3)27-15(24)18-6-8(20)19-12-10(11(12)14(23)26-5)13(22)17-7-9(21)25-4/h10-12H,6-7H2,1-5H3,(H,17,22)(H,18,24)(H,19,20)/t10-,11-,12+/m1/s1. The van der Waals surface area contributed by atoms with Crippen LogP contribution in [0.15, 0.2) is 0 Å². The summed E-state index contributed by atoms with van der Waals surface area (Å²) < 4.78 is 14.0. The van der Waals surface area contributed by atoms with E-state index in [1.165, 1.54) is 7.11 Å². The minimum atomic E-state index is -0.882. The Hall–Kier alpha value is -2.85. The Labute approximate surface area is 156 Å². The molecule has 0 bridgehead atoms. The molecule has 3 atom stereocenters. The Balaban J connectivity index is 2.56. The van der Waals surface area contributed by atoms with Gasteiger partial charge in [-0.1, -0.05) is 0 Å². The molecular formula is C16H25N3O8. The van der Waals surface area contributed by atoms with Crippen molar-refractivity contribution in [3.63, 3.8) is 0 Å². The van der Waals surface area contributed by atoms with Gasteiger partial charge in [0.1, 0.15) is 18.7 Å². The number of carbonyl (C=O) groups is 5. The number of carbonyl (C=O) groups excluding carboxylic acids is 5. The summed E-state index contributed by atoms with van der Waals surface area (Å²) in [5.74, 6) is -4.28. The van der Waals surface area contributed by atoms with Crippen LogP contribution in [0.25, 0.3) is 0 Å². The van der Waals surface area contributed by atoms with Gasteiger partial charge in [0.05, 0.1) is 32.1 Å². The van der Waals surface area contributed by atoms with E-state index in [9.17, 15) is 24.0 Å². The molecule has 0 heterocycles. The molecule has 11 heteroatoms. The normalized spacial score (nSPS) is 20.7. The number of methoxy groups -OCH3 is 2. The third-order valence-electron chi connectivity index (χ3n) is 3.55. The Bertz CT molecular complexity index is 613. The fraction of sp³-hybridized carbons (Fsp3) is 0.688. The van der Waals surface area contributed by atoms with Crippen molar-refractivity contribution < 1.29 is 38.2 Å². The first-order chi connectivity index (χ1) is 12.5. The van der Waals surface area contributed by atoms with Gasteiger partial charge >= 0.3 is 18.0 Å². The Morgan fingerprint density at radius 2 is 1.52 bits per heavy atom. The van der Waals surface area contributed by atoms with E-state index >= 15 is 0 Å². The summed E-state index contributed by atoms with van der Waals surface area (Å²) in [4.78, 5) is 58.5. The Morgan fingerprint density at radius 1 is 0.889 bits per heavy atom. The summed E-state index contributed by atoms with van der Waals surface area (Å²) in [6.07, 6.45) is -0.773. The van der Waals surface area contributed by atoms with Gasteiger partial charge in [-0.05, 0) is 20.8 Å². The first kappa shape index (κ1) is 22.2. The maximum atomic E-state index is 12.1. The van der Waals surface area contributed by atoms with Gasteiger partial charge in [0.25, 0.3) is 0 Å². The quantitative estimate of drug-likeness (QED) is 0.361. The first-order valence-electron chi connectivity index (χ1n) is 8.18. The van der Waals surface area contributed by atoms with Crippen molar-refractivity contribution >= 4 is 29.8 Å². The molecule has 0 aromatic heterocycles. The van der Waals surface area contributed by atoms with Crippen LogP contribution in [0.5, 0.6) is 0 Å². The molecule has 0 spiro atoms. The first-order valence-corrected chi connectivity index (χ1v) is 8.18. The third-order valence-corrected chi connectivity index (χ3v) is 3.55. The zero-order chi connectivity index (χ0) is 20.8. The highest BCUT2D eigenvalue weighted by molar-refractivity contribution is 5.95. The molecule has 1 fully saturated rings. The van der Waals surface area contributed by atoms with Crippen LogP contribution in [0.4, 0.5) is 4.79 Å². The highest BCUT2D eigenvalue weighted by Crippen LogP contribution is 2.40. The van der Waals surface area contributed by atoms with Crippen LogP contribution in [0.1, 0.15) is 20.8 Å². The number of hydrogen-bond donors (Lipinski definition) is 3. The van der Waals surface area contributed by atoms with Gasteiger partial charge in [0.15, 0.2) is 0 Å². The van der Waals surface area contributed by atoms with Gasteiger partial charge in [-0.2, -0.15) is 0 Å². The fourth-order valence-electron chi connectivity index (χ4n) is 2.30.